The highest BCUT2D eigenvalue weighted by Gasteiger charge is 2.70. The van der Waals surface area contributed by atoms with Gasteiger partial charge in [-0.25, -0.2) is 0 Å². The van der Waals surface area contributed by atoms with E-state index in [1.54, 1.807) is 6.08 Å². The normalized spacial score (nSPS) is 40.8. The van der Waals surface area contributed by atoms with Crippen LogP contribution in [0.5, 0.6) is 0 Å². The molecule has 6 nitrogen and oxygen atoms in total. The highest BCUT2D eigenvalue weighted by molar-refractivity contribution is 5.95. The lowest BCUT2D eigenvalue weighted by Crippen LogP contribution is -2.62. The number of esters is 1. The van der Waals surface area contributed by atoms with Crippen LogP contribution >= 0.6 is 0 Å². The molecule has 0 saturated heterocycles. The molecule has 6 atom stereocenters. The zero-order valence-corrected chi connectivity index (χ0v) is 19.6. The zero-order valence-electron chi connectivity index (χ0n) is 19.6. The van der Waals surface area contributed by atoms with Gasteiger partial charge in [0.25, 0.3) is 0 Å². The van der Waals surface area contributed by atoms with E-state index in [4.69, 9.17) is 4.74 Å². The van der Waals surface area contributed by atoms with Gasteiger partial charge in [-0.3, -0.25) is 19.2 Å². The number of carbonyl (C=O) groups excluding carboxylic acids is 4. The fourth-order valence-electron chi connectivity index (χ4n) is 7.75. The third-order valence-corrected chi connectivity index (χ3v) is 9.39. The van der Waals surface area contributed by atoms with Gasteiger partial charge in [-0.15, -0.1) is 0 Å². The number of ketones is 3. The van der Waals surface area contributed by atoms with Crippen molar-refractivity contribution in [2.45, 2.75) is 90.6 Å². The van der Waals surface area contributed by atoms with Crippen molar-refractivity contribution in [3.63, 3.8) is 0 Å². The summed E-state index contributed by atoms with van der Waals surface area (Å²) in [7, 11) is 0. The van der Waals surface area contributed by atoms with E-state index in [0.29, 0.717) is 32.1 Å². The van der Waals surface area contributed by atoms with Gasteiger partial charge in [-0.05, 0) is 61.9 Å². The van der Waals surface area contributed by atoms with Crippen molar-refractivity contribution in [2.24, 2.45) is 28.6 Å². The molecule has 4 rings (SSSR count). The SMILES string of the molecule is CCCCC(=O)O[C@]1(C(=O)CO)CC[C@H]2[C@@H]3CCC4=CC(=O)CC[C@]4(C)[C@H]3C(=O)C[C@@]21C. The van der Waals surface area contributed by atoms with Crippen molar-refractivity contribution in [3.8, 4) is 0 Å². The molecule has 0 bridgehead atoms. The van der Waals surface area contributed by atoms with Crippen molar-refractivity contribution in [2.75, 3.05) is 6.61 Å². The van der Waals surface area contributed by atoms with Gasteiger partial charge in [-0.1, -0.05) is 32.8 Å². The van der Waals surface area contributed by atoms with Crippen LogP contribution in [0, 0.1) is 28.6 Å². The lowest BCUT2D eigenvalue weighted by molar-refractivity contribution is -0.192. The number of carbonyl (C=O) groups is 4. The first-order valence-electron chi connectivity index (χ1n) is 12.3. The molecule has 0 spiro atoms. The molecule has 0 aromatic rings. The fourth-order valence-corrected chi connectivity index (χ4v) is 7.75. The number of allylic oxidation sites excluding steroid dienone is 1. The number of aliphatic hydroxyl groups is 1. The minimum Gasteiger partial charge on any atom is -0.450 e. The van der Waals surface area contributed by atoms with E-state index in [2.05, 4.69) is 6.92 Å². The van der Waals surface area contributed by atoms with Crippen LogP contribution in [0.3, 0.4) is 0 Å². The largest absolute Gasteiger partial charge is 0.450 e. The minimum absolute atomic E-state index is 0.0654. The molecule has 1 N–H and O–H groups in total. The first-order valence-corrected chi connectivity index (χ1v) is 12.3. The first-order chi connectivity index (χ1) is 15.1. The van der Waals surface area contributed by atoms with Gasteiger partial charge in [-0.2, -0.15) is 0 Å². The quantitative estimate of drug-likeness (QED) is 0.627. The van der Waals surface area contributed by atoms with E-state index < -0.39 is 29.4 Å². The molecule has 4 aliphatic carbocycles. The van der Waals surface area contributed by atoms with Gasteiger partial charge >= 0.3 is 5.97 Å². The summed E-state index contributed by atoms with van der Waals surface area (Å²) < 4.78 is 5.94. The Hall–Kier alpha value is -1.82. The number of unbranched alkanes of at least 4 members (excludes halogenated alkanes) is 1. The van der Waals surface area contributed by atoms with Gasteiger partial charge in [0.1, 0.15) is 12.4 Å². The number of fused-ring (bicyclic) bond motifs is 5. The Labute approximate surface area is 190 Å². The average molecular weight is 445 g/mol. The van der Waals surface area contributed by atoms with Crippen LogP contribution in [0.15, 0.2) is 11.6 Å². The van der Waals surface area contributed by atoms with Crippen molar-refractivity contribution < 1.29 is 29.0 Å². The topological polar surface area (TPSA) is 97.7 Å². The number of ether oxygens (including phenoxy) is 1. The predicted molar refractivity (Wildman–Crippen MR) is 118 cm³/mol. The Morgan fingerprint density at radius 3 is 2.59 bits per heavy atom. The van der Waals surface area contributed by atoms with Gasteiger partial charge in [0.2, 0.25) is 5.78 Å². The van der Waals surface area contributed by atoms with E-state index in [0.717, 1.165) is 24.8 Å². The molecular formula is C26H36O6. The predicted octanol–water partition coefficient (Wildman–Crippen LogP) is 3.73. The zero-order chi connectivity index (χ0) is 23.3. The number of Topliss-reactive ketones (excluding diaryl/α,β-unsaturated/α-hetero) is 2. The van der Waals surface area contributed by atoms with Crippen molar-refractivity contribution in [3.05, 3.63) is 11.6 Å². The van der Waals surface area contributed by atoms with Crippen LogP contribution in [-0.4, -0.2) is 40.6 Å². The second kappa shape index (κ2) is 8.19. The van der Waals surface area contributed by atoms with E-state index >= 15 is 0 Å². The lowest BCUT2D eigenvalue weighted by atomic mass is 9.46. The molecule has 0 radical (unpaired) electrons. The Bertz CT molecular complexity index is 874. The van der Waals surface area contributed by atoms with Crippen molar-refractivity contribution in [1.82, 2.24) is 0 Å². The number of hydrogen-bond acceptors (Lipinski definition) is 6. The second-order valence-electron chi connectivity index (χ2n) is 10.9. The molecule has 0 aliphatic heterocycles. The maximum Gasteiger partial charge on any atom is 0.306 e. The summed E-state index contributed by atoms with van der Waals surface area (Å²) in [6, 6.07) is 0. The standard InChI is InChI=1S/C26H36O6/c1-4-5-6-22(31)32-26(21(30)15-27)12-10-19-18-8-7-16-13-17(28)9-11-24(16,2)23(18)20(29)14-25(19,26)3/h13,18-19,23,27H,4-12,14-15H2,1-3H3/t18-,19-,23+,24-,25-,26-/m0/s1. The van der Waals surface area contributed by atoms with Gasteiger partial charge < -0.3 is 9.84 Å². The van der Waals surface area contributed by atoms with Crippen molar-refractivity contribution >= 4 is 23.3 Å². The number of hydrogen-bond donors (Lipinski definition) is 1. The smallest absolute Gasteiger partial charge is 0.306 e. The summed E-state index contributed by atoms with van der Waals surface area (Å²) in [6.45, 7) is 5.35. The first kappa shape index (κ1) is 23.3. The number of rotatable bonds is 6. The molecule has 0 aromatic carbocycles. The minimum atomic E-state index is -1.43. The van der Waals surface area contributed by atoms with Crippen LogP contribution in [0.1, 0.15) is 85.0 Å². The van der Waals surface area contributed by atoms with E-state index in [-0.39, 0.29) is 47.6 Å². The lowest BCUT2D eigenvalue weighted by Gasteiger charge is -2.58. The summed E-state index contributed by atoms with van der Waals surface area (Å²) >= 11 is 0. The highest BCUT2D eigenvalue weighted by atomic mass is 16.6. The Kier molecular flexibility index (Phi) is 5.98. The summed E-state index contributed by atoms with van der Waals surface area (Å²) in [5, 5.41) is 9.81. The maximum absolute atomic E-state index is 13.7. The molecule has 0 aromatic heterocycles. The van der Waals surface area contributed by atoms with Crippen LogP contribution in [0.4, 0.5) is 0 Å². The third kappa shape index (κ3) is 3.24. The van der Waals surface area contributed by atoms with Crippen LogP contribution in [0.25, 0.3) is 0 Å². The molecule has 32 heavy (non-hydrogen) atoms. The van der Waals surface area contributed by atoms with Gasteiger partial charge in [0.15, 0.2) is 11.4 Å². The van der Waals surface area contributed by atoms with Crippen LogP contribution < -0.4 is 0 Å². The highest BCUT2D eigenvalue weighted by Crippen LogP contribution is 2.67. The molecule has 0 heterocycles. The van der Waals surface area contributed by atoms with E-state index in [1.807, 2.05) is 13.8 Å². The van der Waals surface area contributed by atoms with E-state index in [1.165, 1.54) is 0 Å². The monoisotopic (exact) mass is 444 g/mol. The molecule has 0 unspecified atom stereocenters. The molecule has 4 aliphatic rings. The van der Waals surface area contributed by atoms with E-state index in [9.17, 15) is 24.3 Å². The van der Waals surface area contributed by atoms with Crippen molar-refractivity contribution in [1.29, 1.82) is 0 Å². The summed E-state index contributed by atoms with van der Waals surface area (Å²) in [6.07, 6.45) is 7.52. The summed E-state index contributed by atoms with van der Waals surface area (Å²) in [4.78, 5) is 51.6. The molecule has 3 saturated carbocycles. The third-order valence-electron chi connectivity index (χ3n) is 9.39. The van der Waals surface area contributed by atoms with Gasteiger partial charge in [0.05, 0.1) is 0 Å². The van der Waals surface area contributed by atoms with Gasteiger partial charge in [0, 0.05) is 30.6 Å². The molecule has 0 amide bonds. The molecule has 176 valence electrons. The van der Waals surface area contributed by atoms with Crippen LogP contribution in [-0.2, 0) is 23.9 Å². The Balaban J connectivity index is 1.71. The maximum atomic E-state index is 13.7. The summed E-state index contributed by atoms with van der Waals surface area (Å²) in [5.41, 5.74) is -1.44. The fraction of sp³-hybridized carbons (Fsp3) is 0.769. The van der Waals surface area contributed by atoms with Crippen LogP contribution in [0.2, 0.25) is 0 Å². The average Bonchev–Trinajstić information content (AvgIpc) is 3.04. The summed E-state index contributed by atoms with van der Waals surface area (Å²) in [5.74, 6) is -0.644. The Morgan fingerprint density at radius 2 is 1.91 bits per heavy atom. The molecule has 6 heteroatoms. The Morgan fingerprint density at radius 1 is 1.16 bits per heavy atom. The second-order valence-corrected chi connectivity index (χ2v) is 10.9. The number of aliphatic hydroxyl groups excluding tert-OH is 1. The molecule has 3 fully saturated rings. The molecular weight excluding hydrogens is 408 g/mol.